The van der Waals surface area contributed by atoms with E-state index in [9.17, 15) is 4.79 Å². The number of hydrogen-bond donors (Lipinski definition) is 3. The monoisotopic (exact) mass is 501 g/mol. The van der Waals surface area contributed by atoms with Gasteiger partial charge < -0.3 is 10.6 Å². The van der Waals surface area contributed by atoms with Crippen LogP contribution in [0.3, 0.4) is 0 Å². The van der Waals surface area contributed by atoms with Crippen molar-refractivity contribution in [2.45, 2.75) is 26.2 Å². The average molecular weight is 502 g/mol. The molecule has 1 fully saturated rings. The Kier molecular flexibility index (Phi) is 6.13. The van der Waals surface area contributed by atoms with Crippen molar-refractivity contribution in [3.63, 3.8) is 0 Å². The Balaban J connectivity index is 1.27. The number of rotatable bonds is 7. The van der Waals surface area contributed by atoms with Crippen LogP contribution in [0.15, 0.2) is 80.0 Å². The van der Waals surface area contributed by atoms with Gasteiger partial charge in [-0.3, -0.25) is 24.8 Å². The molecule has 4 heterocycles. The molecule has 1 amide bonds. The van der Waals surface area contributed by atoms with E-state index in [0.717, 1.165) is 63.8 Å². The summed E-state index contributed by atoms with van der Waals surface area (Å²) in [4.78, 5) is 25.6. The summed E-state index contributed by atoms with van der Waals surface area (Å²) in [5.74, 6) is 0.188. The molecule has 0 unspecified atom stereocenters. The van der Waals surface area contributed by atoms with Gasteiger partial charge in [0.15, 0.2) is 0 Å². The van der Waals surface area contributed by atoms with Gasteiger partial charge in [0.05, 0.1) is 40.7 Å². The van der Waals surface area contributed by atoms with E-state index in [1.165, 1.54) is 0 Å². The highest BCUT2D eigenvalue weighted by Gasteiger charge is 2.25. The first-order valence-corrected chi connectivity index (χ1v) is 12.6. The predicted octanol–water partition coefficient (Wildman–Crippen LogP) is 6.21. The molecule has 0 atom stereocenters. The molecule has 0 saturated heterocycles. The number of pyridine rings is 3. The summed E-state index contributed by atoms with van der Waals surface area (Å²) in [5, 5.41) is 15.0. The second kappa shape index (κ2) is 9.89. The number of nitrogens with zero attached hydrogens (tertiary/aromatic N) is 4. The van der Waals surface area contributed by atoms with E-state index in [1.807, 2.05) is 49.5 Å². The summed E-state index contributed by atoms with van der Waals surface area (Å²) in [5.41, 5.74) is 8.51. The maximum Gasteiger partial charge on any atom is 0.227 e. The minimum absolute atomic E-state index is 0.0713. The fourth-order valence-electron chi connectivity index (χ4n) is 4.66. The van der Waals surface area contributed by atoms with Crippen LogP contribution in [0.5, 0.6) is 0 Å². The van der Waals surface area contributed by atoms with E-state index in [2.05, 4.69) is 48.4 Å². The number of benzene rings is 1. The van der Waals surface area contributed by atoms with Gasteiger partial charge in [0.2, 0.25) is 5.91 Å². The van der Waals surface area contributed by atoms with Crippen LogP contribution in [0.25, 0.3) is 39.0 Å². The highest BCUT2D eigenvalue weighted by molar-refractivity contribution is 5.96. The second-order valence-electron chi connectivity index (χ2n) is 9.59. The molecule has 1 aliphatic rings. The van der Waals surface area contributed by atoms with Crippen LogP contribution in [0.4, 0.5) is 11.4 Å². The Bertz CT molecular complexity index is 1650. The Morgan fingerprint density at radius 2 is 1.87 bits per heavy atom. The molecule has 0 spiro atoms. The summed E-state index contributed by atoms with van der Waals surface area (Å²) in [7, 11) is 0. The quantitative estimate of drug-likeness (QED) is 0.245. The number of aromatic nitrogens is 5. The van der Waals surface area contributed by atoms with Crippen LogP contribution in [0.2, 0.25) is 0 Å². The van der Waals surface area contributed by atoms with Gasteiger partial charge in [-0.2, -0.15) is 5.10 Å². The standard InChI is InChI=1S/C30H27N7O/c1-18-25(26-8-3-4-11-33-26)16-32-17-28(18)34-19(2)29-24-13-21(9-10-27(24)36-37-29)22-12-23(15-31-14-22)35-30(38)20-6-5-7-20/h3-4,8-17,20,34H,2,5-7H2,1H3,(H,35,38)(H,36,37). The first kappa shape index (κ1) is 23.5. The van der Waals surface area contributed by atoms with Crippen molar-refractivity contribution in [1.29, 1.82) is 0 Å². The number of H-pyrrole nitrogens is 1. The van der Waals surface area contributed by atoms with Crippen molar-refractivity contribution >= 4 is 33.9 Å². The fourth-order valence-corrected chi connectivity index (χ4v) is 4.66. The molecule has 1 saturated carbocycles. The lowest BCUT2D eigenvalue weighted by molar-refractivity contribution is -0.122. The Labute approximate surface area is 220 Å². The lowest BCUT2D eigenvalue weighted by Crippen LogP contribution is -2.28. The van der Waals surface area contributed by atoms with Gasteiger partial charge in [-0.1, -0.05) is 25.1 Å². The van der Waals surface area contributed by atoms with Gasteiger partial charge in [0.1, 0.15) is 5.69 Å². The Morgan fingerprint density at radius 1 is 1.00 bits per heavy atom. The molecular weight excluding hydrogens is 474 g/mol. The molecular formula is C30H27N7O. The van der Waals surface area contributed by atoms with Crippen LogP contribution < -0.4 is 10.6 Å². The number of carbonyl (C=O) groups is 1. The van der Waals surface area contributed by atoms with Gasteiger partial charge in [-0.05, 0) is 61.2 Å². The van der Waals surface area contributed by atoms with E-state index >= 15 is 0 Å². The van der Waals surface area contributed by atoms with Gasteiger partial charge in [-0.25, -0.2) is 0 Å². The zero-order valence-corrected chi connectivity index (χ0v) is 21.0. The second-order valence-corrected chi connectivity index (χ2v) is 9.59. The number of nitrogens with one attached hydrogen (secondary N) is 3. The first-order chi connectivity index (χ1) is 18.6. The lowest BCUT2D eigenvalue weighted by atomic mass is 9.85. The molecule has 0 aliphatic heterocycles. The zero-order valence-electron chi connectivity index (χ0n) is 21.0. The average Bonchev–Trinajstić information content (AvgIpc) is 3.33. The van der Waals surface area contributed by atoms with E-state index in [4.69, 9.17) is 0 Å². The van der Waals surface area contributed by atoms with Crippen LogP contribution in [-0.2, 0) is 4.79 Å². The van der Waals surface area contributed by atoms with Crippen molar-refractivity contribution < 1.29 is 4.79 Å². The number of carbonyl (C=O) groups excluding carboxylic acids is 1. The molecule has 8 heteroatoms. The van der Waals surface area contributed by atoms with Crippen molar-refractivity contribution in [3.05, 3.63) is 91.3 Å². The zero-order chi connectivity index (χ0) is 26.1. The third-order valence-electron chi connectivity index (χ3n) is 7.11. The number of fused-ring (bicyclic) bond motifs is 1. The number of anilines is 2. The highest BCUT2D eigenvalue weighted by atomic mass is 16.1. The van der Waals surface area contributed by atoms with Gasteiger partial charge >= 0.3 is 0 Å². The minimum atomic E-state index is 0.0713. The maximum absolute atomic E-state index is 12.4. The third kappa shape index (κ3) is 4.52. The van der Waals surface area contributed by atoms with Crippen molar-refractivity contribution in [3.8, 4) is 22.4 Å². The molecule has 38 heavy (non-hydrogen) atoms. The smallest absolute Gasteiger partial charge is 0.227 e. The Hall–Kier alpha value is -4.85. The molecule has 3 N–H and O–H groups in total. The number of amides is 1. The van der Waals surface area contributed by atoms with Crippen molar-refractivity contribution in [2.24, 2.45) is 5.92 Å². The molecule has 6 rings (SSSR count). The summed E-state index contributed by atoms with van der Waals surface area (Å²) in [6.07, 6.45) is 11.9. The molecule has 5 aromatic rings. The van der Waals surface area contributed by atoms with E-state index in [0.29, 0.717) is 17.1 Å². The summed E-state index contributed by atoms with van der Waals surface area (Å²) < 4.78 is 0. The Morgan fingerprint density at radius 3 is 2.66 bits per heavy atom. The normalized spacial score (nSPS) is 13.2. The van der Waals surface area contributed by atoms with E-state index in [-0.39, 0.29) is 11.8 Å². The number of aromatic amines is 1. The molecule has 0 bridgehead atoms. The largest absolute Gasteiger partial charge is 0.353 e. The molecule has 0 radical (unpaired) electrons. The molecule has 1 aliphatic carbocycles. The highest BCUT2D eigenvalue weighted by Crippen LogP contribution is 2.32. The third-order valence-corrected chi connectivity index (χ3v) is 7.11. The summed E-state index contributed by atoms with van der Waals surface area (Å²) in [6, 6.07) is 13.8. The van der Waals surface area contributed by atoms with Crippen LogP contribution in [0, 0.1) is 12.8 Å². The molecule has 8 nitrogen and oxygen atoms in total. The topological polar surface area (TPSA) is 108 Å². The van der Waals surface area contributed by atoms with E-state index in [1.54, 1.807) is 24.8 Å². The lowest BCUT2D eigenvalue weighted by Gasteiger charge is -2.24. The van der Waals surface area contributed by atoms with Gasteiger partial charge in [-0.15, -0.1) is 0 Å². The predicted molar refractivity (Wildman–Crippen MR) is 150 cm³/mol. The summed E-state index contributed by atoms with van der Waals surface area (Å²) in [6.45, 7) is 6.30. The molecule has 188 valence electrons. The maximum atomic E-state index is 12.4. The van der Waals surface area contributed by atoms with Crippen molar-refractivity contribution in [1.82, 2.24) is 25.1 Å². The minimum Gasteiger partial charge on any atom is -0.353 e. The first-order valence-electron chi connectivity index (χ1n) is 12.6. The van der Waals surface area contributed by atoms with Gasteiger partial charge in [0.25, 0.3) is 0 Å². The van der Waals surface area contributed by atoms with Crippen LogP contribution in [0.1, 0.15) is 30.5 Å². The van der Waals surface area contributed by atoms with Gasteiger partial charge in [0, 0.05) is 41.0 Å². The van der Waals surface area contributed by atoms with Crippen LogP contribution >= 0.6 is 0 Å². The molecule has 4 aromatic heterocycles. The fraction of sp³-hybridized carbons (Fsp3) is 0.167. The SMILES string of the molecule is C=C(Nc1cncc(-c2ccccn2)c1C)c1n[nH]c2ccc(-c3cncc(NC(=O)C4CCC4)c3)cc12. The number of hydrogen-bond acceptors (Lipinski definition) is 6. The molecule has 1 aromatic carbocycles. The summed E-state index contributed by atoms with van der Waals surface area (Å²) >= 11 is 0. The van der Waals surface area contributed by atoms with Crippen molar-refractivity contribution in [2.75, 3.05) is 10.6 Å². The van der Waals surface area contributed by atoms with E-state index < -0.39 is 0 Å². The van der Waals surface area contributed by atoms with Crippen LogP contribution in [-0.4, -0.2) is 31.1 Å².